The Morgan fingerprint density at radius 1 is 1.13 bits per heavy atom. The number of carbonyl (C=O) groups excluding carboxylic acids is 2. The molecule has 0 radical (unpaired) electrons. The Morgan fingerprint density at radius 2 is 1.84 bits per heavy atom. The summed E-state index contributed by atoms with van der Waals surface area (Å²) >= 11 is 0. The van der Waals surface area contributed by atoms with E-state index in [1.165, 1.54) is 10.4 Å². The lowest BCUT2D eigenvalue weighted by atomic mass is 10.1. The van der Waals surface area contributed by atoms with Crippen molar-refractivity contribution in [2.75, 3.05) is 38.2 Å². The van der Waals surface area contributed by atoms with Gasteiger partial charge in [-0.05, 0) is 36.8 Å². The number of benzene rings is 2. The molecule has 8 nitrogen and oxygen atoms in total. The van der Waals surface area contributed by atoms with Crippen LogP contribution in [0, 0.1) is 6.92 Å². The van der Waals surface area contributed by atoms with Gasteiger partial charge < -0.3 is 15.4 Å². The number of para-hydroxylation sites is 1. The van der Waals surface area contributed by atoms with Crippen LogP contribution in [0.4, 0.5) is 5.69 Å². The van der Waals surface area contributed by atoms with Crippen molar-refractivity contribution in [1.29, 1.82) is 0 Å². The smallest absolute Gasteiger partial charge is 0.255 e. The van der Waals surface area contributed by atoms with Crippen molar-refractivity contribution in [2.45, 2.75) is 11.8 Å². The van der Waals surface area contributed by atoms with Gasteiger partial charge in [-0.2, -0.15) is 4.31 Å². The van der Waals surface area contributed by atoms with E-state index in [-0.39, 0.29) is 29.5 Å². The predicted molar refractivity (Wildman–Crippen MR) is 118 cm³/mol. The van der Waals surface area contributed by atoms with E-state index in [1.54, 1.807) is 49.4 Å². The summed E-state index contributed by atoms with van der Waals surface area (Å²) in [7, 11) is -3.75. The number of morpholine rings is 1. The molecular formula is C22H25N3O5S. The molecule has 1 aliphatic heterocycles. The molecule has 0 atom stereocenters. The third-order valence-electron chi connectivity index (χ3n) is 4.87. The number of nitrogens with zero attached hydrogens (tertiary/aromatic N) is 1. The average molecular weight is 444 g/mol. The quantitative estimate of drug-likeness (QED) is 0.639. The van der Waals surface area contributed by atoms with Gasteiger partial charge in [0, 0.05) is 25.2 Å². The molecule has 2 amide bonds. The zero-order chi connectivity index (χ0) is 22.4. The van der Waals surface area contributed by atoms with Crippen LogP contribution in [0.15, 0.2) is 60.0 Å². The first-order valence-corrected chi connectivity index (χ1v) is 11.3. The molecule has 0 unspecified atom stereocenters. The number of sulfonamides is 1. The minimum absolute atomic E-state index is 0.0825. The van der Waals surface area contributed by atoms with Gasteiger partial charge in [0.05, 0.1) is 29.4 Å². The highest BCUT2D eigenvalue weighted by molar-refractivity contribution is 7.89. The number of nitrogens with one attached hydrogen (secondary N) is 2. The molecular weight excluding hydrogens is 418 g/mol. The summed E-state index contributed by atoms with van der Waals surface area (Å²) in [6, 6.07) is 11.1. The summed E-state index contributed by atoms with van der Waals surface area (Å²) < 4.78 is 32.7. The number of hydrogen-bond donors (Lipinski definition) is 2. The van der Waals surface area contributed by atoms with Gasteiger partial charge in [-0.15, -0.1) is 6.58 Å². The van der Waals surface area contributed by atoms with E-state index in [1.807, 2.05) is 0 Å². The number of ether oxygens (including phenoxy) is 1. The molecule has 164 valence electrons. The van der Waals surface area contributed by atoms with Crippen LogP contribution >= 0.6 is 0 Å². The SMILES string of the molecule is C=CCNC(=O)c1ccccc1NC(=O)c1ccc(C)c(S(=O)(=O)N2CCOCC2)c1. The first-order chi connectivity index (χ1) is 14.8. The van der Waals surface area contributed by atoms with E-state index in [0.29, 0.717) is 36.6 Å². The van der Waals surface area contributed by atoms with E-state index < -0.39 is 15.9 Å². The first-order valence-electron chi connectivity index (χ1n) is 9.82. The van der Waals surface area contributed by atoms with E-state index in [9.17, 15) is 18.0 Å². The highest BCUT2D eigenvalue weighted by Crippen LogP contribution is 2.23. The number of amides is 2. The lowest BCUT2D eigenvalue weighted by Crippen LogP contribution is -2.40. The third-order valence-corrected chi connectivity index (χ3v) is 6.91. The van der Waals surface area contributed by atoms with Crippen molar-refractivity contribution in [1.82, 2.24) is 9.62 Å². The lowest BCUT2D eigenvalue weighted by molar-refractivity contribution is 0.0730. The Bertz CT molecular complexity index is 1090. The molecule has 0 aliphatic carbocycles. The maximum atomic E-state index is 13.1. The van der Waals surface area contributed by atoms with Crippen LogP contribution < -0.4 is 10.6 Å². The maximum Gasteiger partial charge on any atom is 0.255 e. The standard InChI is InChI=1S/C22H25N3O5S/c1-3-10-23-22(27)18-6-4-5-7-19(18)24-21(26)17-9-8-16(2)20(15-17)31(28,29)25-11-13-30-14-12-25/h3-9,15H,1,10-14H2,2H3,(H,23,27)(H,24,26). The minimum Gasteiger partial charge on any atom is -0.379 e. The minimum atomic E-state index is -3.75. The van der Waals surface area contributed by atoms with Crippen molar-refractivity contribution < 1.29 is 22.7 Å². The van der Waals surface area contributed by atoms with Gasteiger partial charge in [0.2, 0.25) is 10.0 Å². The molecule has 2 N–H and O–H groups in total. The monoisotopic (exact) mass is 443 g/mol. The number of rotatable bonds is 7. The molecule has 1 fully saturated rings. The first kappa shape index (κ1) is 22.7. The number of anilines is 1. The normalized spacial score (nSPS) is 14.6. The number of carbonyl (C=O) groups is 2. The maximum absolute atomic E-state index is 13.1. The van der Waals surface area contributed by atoms with E-state index in [0.717, 1.165) is 0 Å². The lowest BCUT2D eigenvalue weighted by Gasteiger charge is -2.26. The van der Waals surface area contributed by atoms with Crippen molar-refractivity contribution in [3.8, 4) is 0 Å². The van der Waals surface area contributed by atoms with Crippen molar-refractivity contribution in [2.24, 2.45) is 0 Å². The summed E-state index contributed by atoms with van der Waals surface area (Å²) in [5.41, 5.74) is 1.35. The Hall–Kier alpha value is -3.01. The van der Waals surface area contributed by atoms with Crippen molar-refractivity contribution in [3.63, 3.8) is 0 Å². The van der Waals surface area contributed by atoms with Crippen LogP contribution in [0.5, 0.6) is 0 Å². The Morgan fingerprint density at radius 3 is 2.55 bits per heavy atom. The topological polar surface area (TPSA) is 105 Å². The number of hydrogen-bond acceptors (Lipinski definition) is 5. The second-order valence-corrected chi connectivity index (χ2v) is 8.90. The Labute approximate surface area is 181 Å². The summed E-state index contributed by atoms with van der Waals surface area (Å²) in [5, 5.41) is 5.38. The van der Waals surface area contributed by atoms with Crippen LogP contribution in [0.25, 0.3) is 0 Å². The van der Waals surface area contributed by atoms with E-state index in [2.05, 4.69) is 17.2 Å². The van der Waals surface area contributed by atoms with Crippen molar-refractivity contribution >= 4 is 27.5 Å². The summed E-state index contributed by atoms with van der Waals surface area (Å²) in [6.45, 7) is 6.76. The van der Waals surface area contributed by atoms with Crippen LogP contribution in [0.1, 0.15) is 26.3 Å². The van der Waals surface area contributed by atoms with E-state index in [4.69, 9.17) is 4.74 Å². The van der Waals surface area contributed by atoms with Gasteiger partial charge in [-0.1, -0.05) is 24.3 Å². The van der Waals surface area contributed by atoms with Gasteiger partial charge >= 0.3 is 0 Å². The van der Waals surface area contributed by atoms with Gasteiger partial charge in [0.25, 0.3) is 11.8 Å². The second-order valence-electron chi connectivity index (χ2n) is 7.00. The highest BCUT2D eigenvalue weighted by atomic mass is 32.2. The molecule has 0 bridgehead atoms. The van der Waals surface area contributed by atoms with Crippen LogP contribution in [0.3, 0.4) is 0 Å². The van der Waals surface area contributed by atoms with Gasteiger partial charge in [0.15, 0.2) is 0 Å². The summed E-state index contributed by atoms with van der Waals surface area (Å²) in [6.07, 6.45) is 1.56. The molecule has 3 rings (SSSR count). The largest absolute Gasteiger partial charge is 0.379 e. The fourth-order valence-corrected chi connectivity index (χ4v) is 4.85. The highest BCUT2D eigenvalue weighted by Gasteiger charge is 2.28. The molecule has 0 spiro atoms. The fourth-order valence-electron chi connectivity index (χ4n) is 3.19. The molecule has 31 heavy (non-hydrogen) atoms. The van der Waals surface area contributed by atoms with Gasteiger partial charge in [-0.3, -0.25) is 9.59 Å². The molecule has 0 saturated carbocycles. The fraction of sp³-hybridized carbons (Fsp3) is 0.273. The summed E-state index contributed by atoms with van der Waals surface area (Å²) in [5.74, 6) is -0.863. The third kappa shape index (κ3) is 5.19. The predicted octanol–water partition coefficient (Wildman–Crippen LogP) is 2.18. The van der Waals surface area contributed by atoms with E-state index >= 15 is 0 Å². The van der Waals surface area contributed by atoms with Crippen LogP contribution in [-0.2, 0) is 14.8 Å². The molecule has 2 aromatic carbocycles. The van der Waals surface area contributed by atoms with Crippen LogP contribution in [0.2, 0.25) is 0 Å². The molecule has 1 aliphatic rings. The van der Waals surface area contributed by atoms with Gasteiger partial charge in [0.1, 0.15) is 0 Å². The van der Waals surface area contributed by atoms with Gasteiger partial charge in [-0.25, -0.2) is 8.42 Å². The molecule has 1 saturated heterocycles. The molecule has 0 aromatic heterocycles. The molecule has 2 aromatic rings. The van der Waals surface area contributed by atoms with Crippen LogP contribution in [-0.4, -0.2) is 57.4 Å². The Balaban J connectivity index is 1.86. The molecule has 9 heteroatoms. The second kappa shape index (κ2) is 9.86. The van der Waals surface area contributed by atoms with Crippen molar-refractivity contribution in [3.05, 3.63) is 71.8 Å². The number of aryl methyl sites for hydroxylation is 1. The zero-order valence-corrected chi connectivity index (χ0v) is 18.1. The average Bonchev–Trinajstić information content (AvgIpc) is 2.78. The zero-order valence-electron chi connectivity index (χ0n) is 17.3. The molecule has 1 heterocycles. The summed E-state index contributed by atoms with van der Waals surface area (Å²) in [4.78, 5) is 25.3. The Kier molecular flexibility index (Phi) is 7.21.